The third-order valence-electron chi connectivity index (χ3n) is 5.19. The van der Waals surface area contributed by atoms with Gasteiger partial charge in [0.15, 0.2) is 5.11 Å². The second kappa shape index (κ2) is 8.04. The summed E-state index contributed by atoms with van der Waals surface area (Å²) in [6, 6.07) is 11.4. The number of para-hydroxylation sites is 1. The standard InChI is InChI=1S/C20H23N7OS/c1-15-17(18(28)27(24(15)2)16-7-4-3-5-8-16)23-20(29)26-13-11-25(12-14-26)19-21-9-6-10-22-19/h3-10H,11-14H2,1-2H3,(H,23,29). The number of hydrogen-bond acceptors (Lipinski definition) is 5. The van der Waals surface area contributed by atoms with Gasteiger partial charge >= 0.3 is 0 Å². The van der Waals surface area contributed by atoms with Gasteiger partial charge in [0.1, 0.15) is 5.69 Å². The van der Waals surface area contributed by atoms with Crippen molar-refractivity contribution in [2.75, 3.05) is 36.4 Å². The van der Waals surface area contributed by atoms with E-state index in [2.05, 4.69) is 25.1 Å². The Morgan fingerprint density at radius 3 is 2.34 bits per heavy atom. The number of nitrogens with one attached hydrogen (secondary N) is 1. The zero-order chi connectivity index (χ0) is 20.4. The zero-order valence-corrected chi connectivity index (χ0v) is 17.3. The lowest BCUT2D eigenvalue weighted by Gasteiger charge is -2.36. The number of aromatic nitrogens is 4. The van der Waals surface area contributed by atoms with Crippen molar-refractivity contribution >= 4 is 29.0 Å². The number of rotatable bonds is 3. The van der Waals surface area contributed by atoms with E-state index < -0.39 is 0 Å². The Kier molecular flexibility index (Phi) is 5.30. The number of anilines is 2. The summed E-state index contributed by atoms with van der Waals surface area (Å²) in [7, 11) is 1.87. The molecule has 0 bridgehead atoms. The van der Waals surface area contributed by atoms with Crippen molar-refractivity contribution in [3.8, 4) is 5.69 Å². The Labute approximate surface area is 174 Å². The molecule has 0 unspecified atom stereocenters. The first kappa shape index (κ1) is 19.1. The summed E-state index contributed by atoms with van der Waals surface area (Å²) in [6.07, 6.45) is 3.49. The number of nitrogens with zero attached hydrogens (tertiary/aromatic N) is 6. The molecule has 3 aromatic rings. The number of benzene rings is 1. The topological polar surface area (TPSA) is 71.2 Å². The van der Waals surface area contributed by atoms with Gasteiger partial charge in [0.05, 0.1) is 11.4 Å². The highest BCUT2D eigenvalue weighted by atomic mass is 32.1. The molecule has 1 aliphatic heterocycles. The van der Waals surface area contributed by atoms with E-state index in [1.807, 2.05) is 55.1 Å². The molecule has 1 fully saturated rings. The summed E-state index contributed by atoms with van der Waals surface area (Å²) in [5.41, 5.74) is 2.04. The lowest BCUT2D eigenvalue weighted by atomic mass is 10.3. The number of thiocarbonyl (C=S) groups is 1. The van der Waals surface area contributed by atoms with Gasteiger partial charge in [0.25, 0.3) is 5.56 Å². The molecule has 3 heterocycles. The van der Waals surface area contributed by atoms with Crippen LogP contribution in [0.5, 0.6) is 0 Å². The van der Waals surface area contributed by atoms with Crippen molar-refractivity contribution in [1.82, 2.24) is 24.2 Å². The molecule has 0 radical (unpaired) electrons. The van der Waals surface area contributed by atoms with Crippen LogP contribution in [0, 0.1) is 6.92 Å². The quantitative estimate of drug-likeness (QED) is 0.662. The van der Waals surface area contributed by atoms with Crippen LogP contribution in [-0.4, -0.2) is 55.5 Å². The molecule has 0 saturated carbocycles. The van der Waals surface area contributed by atoms with Crippen LogP contribution in [0.4, 0.5) is 11.6 Å². The Bertz CT molecular complexity index is 1050. The second-order valence-corrected chi connectivity index (χ2v) is 7.28. The predicted octanol–water partition coefficient (Wildman–Crippen LogP) is 1.79. The predicted molar refractivity (Wildman–Crippen MR) is 118 cm³/mol. The van der Waals surface area contributed by atoms with Crippen molar-refractivity contribution in [3.63, 3.8) is 0 Å². The van der Waals surface area contributed by atoms with Gasteiger partial charge in [-0.25, -0.2) is 14.6 Å². The molecule has 8 nitrogen and oxygen atoms in total. The fourth-order valence-corrected chi connectivity index (χ4v) is 3.75. The third-order valence-corrected chi connectivity index (χ3v) is 5.55. The fraction of sp³-hybridized carbons (Fsp3) is 0.300. The first-order chi connectivity index (χ1) is 14.1. The van der Waals surface area contributed by atoms with Gasteiger partial charge in [-0.1, -0.05) is 18.2 Å². The Hall–Kier alpha value is -3.20. The minimum atomic E-state index is -0.116. The van der Waals surface area contributed by atoms with Crippen molar-refractivity contribution in [1.29, 1.82) is 0 Å². The maximum atomic E-state index is 13.0. The van der Waals surface area contributed by atoms with Crippen LogP contribution >= 0.6 is 12.2 Å². The average molecular weight is 410 g/mol. The van der Waals surface area contributed by atoms with Crippen molar-refractivity contribution in [2.24, 2.45) is 7.05 Å². The molecule has 1 N–H and O–H groups in total. The second-order valence-electron chi connectivity index (χ2n) is 6.89. The smallest absolute Gasteiger partial charge is 0.295 e. The molecule has 0 amide bonds. The van der Waals surface area contributed by atoms with Crippen molar-refractivity contribution in [2.45, 2.75) is 6.92 Å². The lowest BCUT2D eigenvalue weighted by Crippen LogP contribution is -2.50. The number of hydrogen-bond donors (Lipinski definition) is 1. The van der Waals surface area contributed by atoms with Gasteiger partial charge in [-0.15, -0.1) is 0 Å². The van der Waals surface area contributed by atoms with Gasteiger partial charge in [-0.2, -0.15) is 0 Å². The molecule has 2 aromatic heterocycles. The maximum absolute atomic E-state index is 13.0. The zero-order valence-electron chi connectivity index (χ0n) is 16.4. The molecule has 150 valence electrons. The third kappa shape index (κ3) is 3.73. The summed E-state index contributed by atoms with van der Waals surface area (Å²) in [6.45, 7) is 4.93. The molecule has 1 aliphatic rings. The Morgan fingerprint density at radius 2 is 1.69 bits per heavy atom. The van der Waals surface area contributed by atoms with E-state index in [0.717, 1.165) is 43.5 Å². The van der Waals surface area contributed by atoms with E-state index in [4.69, 9.17) is 12.2 Å². The molecule has 9 heteroatoms. The molecular weight excluding hydrogens is 386 g/mol. The van der Waals surface area contributed by atoms with Crippen LogP contribution in [0.25, 0.3) is 5.69 Å². The first-order valence-corrected chi connectivity index (χ1v) is 9.89. The maximum Gasteiger partial charge on any atom is 0.295 e. The van der Waals surface area contributed by atoms with Crippen LogP contribution in [0.3, 0.4) is 0 Å². The van der Waals surface area contributed by atoms with Crippen molar-refractivity contribution in [3.05, 3.63) is 64.8 Å². The van der Waals surface area contributed by atoms with Gasteiger partial charge in [-0.3, -0.25) is 9.48 Å². The minimum absolute atomic E-state index is 0.116. The highest BCUT2D eigenvalue weighted by Crippen LogP contribution is 2.16. The molecule has 1 saturated heterocycles. The molecular formula is C20H23N7OS. The summed E-state index contributed by atoms with van der Waals surface area (Å²) in [5, 5.41) is 3.75. The number of piperazine rings is 1. The monoisotopic (exact) mass is 409 g/mol. The van der Waals surface area contributed by atoms with Crippen LogP contribution in [0.2, 0.25) is 0 Å². The molecule has 29 heavy (non-hydrogen) atoms. The summed E-state index contributed by atoms with van der Waals surface area (Å²) >= 11 is 5.61. The van der Waals surface area contributed by atoms with E-state index in [0.29, 0.717) is 10.8 Å². The fourth-order valence-electron chi connectivity index (χ4n) is 3.46. The Balaban J connectivity index is 1.48. The van der Waals surface area contributed by atoms with Crippen LogP contribution in [-0.2, 0) is 7.05 Å². The van der Waals surface area contributed by atoms with Gasteiger partial charge in [0.2, 0.25) is 5.95 Å². The summed E-state index contributed by atoms with van der Waals surface area (Å²) in [5.74, 6) is 0.732. The lowest BCUT2D eigenvalue weighted by molar-refractivity contribution is 0.388. The summed E-state index contributed by atoms with van der Waals surface area (Å²) < 4.78 is 3.48. The van der Waals surface area contributed by atoms with Crippen LogP contribution in [0.1, 0.15) is 5.69 Å². The molecule has 0 aliphatic carbocycles. The van der Waals surface area contributed by atoms with Gasteiger partial charge < -0.3 is 15.1 Å². The van der Waals surface area contributed by atoms with E-state index in [-0.39, 0.29) is 5.56 Å². The SMILES string of the molecule is Cc1c(NC(=S)N2CCN(c3ncccn3)CC2)c(=O)n(-c2ccccc2)n1C. The van der Waals surface area contributed by atoms with Gasteiger partial charge in [-0.05, 0) is 37.3 Å². The van der Waals surface area contributed by atoms with Gasteiger partial charge in [0, 0.05) is 45.6 Å². The first-order valence-electron chi connectivity index (χ1n) is 9.48. The van der Waals surface area contributed by atoms with E-state index >= 15 is 0 Å². The normalized spacial score (nSPS) is 14.1. The molecule has 1 aromatic carbocycles. The largest absolute Gasteiger partial charge is 0.345 e. The molecule has 0 atom stereocenters. The van der Waals surface area contributed by atoms with E-state index in [1.54, 1.807) is 17.1 Å². The highest BCUT2D eigenvalue weighted by Gasteiger charge is 2.23. The molecule has 0 spiro atoms. The van der Waals surface area contributed by atoms with Crippen LogP contribution in [0.15, 0.2) is 53.6 Å². The van der Waals surface area contributed by atoms with E-state index in [1.165, 1.54) is 0 Å². The summed E-state index contributed by atoms with van der Waals surface area (Å²) in [4.78, 5) is 25.9. The van der Waals surface area contributed by atoms with E-state index in [9.17, 15) is 4.79 Å². The minimum Gasteiger partial charge on any atom is -0.345 e. The molecule has 4 rings (SSSR count). The Morgan fingerprint density at radius 1 is 1.03 bits per heavy atom. The highest BCUT2D eigenvalue weighted by molar-refractivity contribution is 7.80. The van der Waals surface area contributed by atoms with Crippen molar-refractivity contribution < 1.29 is 0 Å². The average Bonchev–Trinajstić information content (AvgIpc) is 2.98. The van der Waals surface area contributed by atoms with Crippen LogP contribution < -0.4 is 15.8 Å².